The van der Waals surface area contributed by atoms with E-state index in [9.17, 15) is 0 Å². The summed E-state index contributed by atoms with van der Waals surface area (Å²) in [7, 11) is 1.82. The maximum atomic E-state index is 4.33. The van der Waals surface area contributed by atoms with E-state index < -0.39 is 0 Å². The Balaban J connectivity index is 1.39. The summed E-state index contributed by atoms with van der Waals surface area (Å²) in [6.07, 6.45) is 3.89. The maximum absolute atomic E-state index is 4.33. The van der Waals surface area contributed by atoms with Crippen LogP contribution in [0.2, 0.25) is 0 Å². The molecule has 2 heterocycles. The monoisotopic (exact) mass is 355 g/mol. The van der Waals surface area contributed by atoms with Crippen LogP contribution in [0.15, 0.2) is 41.7 Å². The van der Waals surface area contributed by atoms with Gasteiger partial charge in [0, 0.05) is 51.9 Å². The number of guanidine groups is 1. The number of anilines is 1. The van der Waals surface area contributed by atoms with E-state index in [2.05, 4.69) is 72.5 Å². The van der Waals surface area contributed by atoms with Gasteiger partial charge in [0.05, 0.1) is 0 Å². The summed E-state index contributed by atoms with van der Waals surface area (Å²) in [5.41, 5.74) is 1.32. The Morgan fingerprint density at radius 3 is 2.88 bits per heavy atom. The largest absolute Gasteiger partial charge is 0.371 e. The molecule has 0 aliphatic carbocycles. The van der Waals surface area contributed by atoms with E-state index in [1.807, 2.05) is 7.05 Å². The summed E-state index contributed by atoms with van der Waals surface area (Å²) in [6.45, 7) is 6.88. The molecule has 1 aromatic carbocycles. The van der Waals surface area contributed by atoms with Gasteiger partial charge < -0.3 is 20.1 Å². The lowest BCUT2D eigenvalue weighted by molar-refractivity contribution is 0.561. The van der Waals surface area contributed by atoms with Gasteiger partial charge in [0.1, 0.15) is 12.2 Å². The van der Waals surface area contributed by atoms with Crippen molar-refractivity contribution >= 4 is 11.6 Å². The number of nitrogens with one attached hydrogen (secondary N) is 2. The minimum Gasteiger partial charge on any atom is -0.371 e. The van der Waals surface area contributed by atoms with E-state index in [1.165, 1.54) is 12.1 Å². The molecule has 0 amide bonds. The maximum Gasteiger partial charge on any atom is 0.191 e. The van der Waals surface area contributed by atoms with Gasteiger partial charge in [0.25, 0.3) is 0 Å². The number of benzene rings is 1. The Kier molecular flexibility index (Phi) is 6.46. The van der Waals surface area contributed by atoms with E-state index in [0.717, 1.165) is 50.9 Å². The van der Waals surface area contributed by atoms with Crippen LogP contribution in [0.1, 0.15) is 19.2 Å². The number of rotatable bonds is 7. The molecule has 1 atom stereocenters. The molecule has 2 N–H and O–H groups in total. The normalized spacial score (nSPS) is 17.5. The summed E-state index contributed by atoms with van der Waals surface area (Å²) in [5, 5.41) is 14.9. The van der Waals surface area contributed by atoms with Gasteiger partial charge in [0.15, 0.2) is 5.96 Å². The summed E-state index contributed by atoms with van der Waals surface area (Å²) >= 11 is 0. The van der Waals surface area contributed by atoms with Crippen LogP contribution in [0.25, 0.3) is 0 Å². The smallest absolute Gasteiger partial charge is 0.191 e. The molecule has 1 saturated heterocycles. The lowest BCUT2D eigenvalue weighted by Crippen LogP contribution is -2.41. The standard InChI is InChI=1S/C19H29N7/c1-3-18-24-23-15-26(18)12-10-21-19(20-2)22-13-16-9-11-25(14-16)17-7-5-4-6-8-17/h4-8,15-16H,3,9-14H2,1-2H3,(H2,20,21,22). The van der Waals surface area contributed by atoms with Crippen molar-refractivity contribution in [2.75, 3.05) is 38.1 Å². The lowest BCUT2D eigenvalue weighted by atomic mass is 10.1. The lowest BCUT2D eigenvalue weighted by Gasteiger charge is -2.19. The fourth-order valence-corrected chi connectivity index (χ4v) is 3.37. The van der Waals surface area contributed by atoms with Crippen LogP contribution >= 0.6 is 0 Å². The fourth-order valence-electron chi connectivity index (χ4n) is 3.37. The van der Waals surface area contributed by atoms with Gasteiger partial charge in [-0.25, -0.2) is 0 Å². The second-order valence-electron chi connectivity index (χ2n) is 6.61. The highest BCUT2D eigenvalue weighted by Crippen LogP contribution is 2.22. The van der Waals surface area contributed by atoms with E-state index in [-0.39, 0.29) is 0 Å². The minimum absolute atomic E-state index is 0.637. The zero-order chi connectivity index (χ0) is 18.2. The summed E-state index contributed by atoms with van der Waals surface area (Å²) in [4.78, 5) is 6.79. The highest BCUT2D eigenvalue weighted by atomic mass is 15.3. The molecule has 1 aromatic heterocycles. The van der Waals surface area contributed by atoms with Crippen molar-refractivity contribution in [3.05, 3.63) is 42.5 Å². The summed E-state index contributed by atoms with van der Waals surface area (Å²) in [6, 6.07) is 10.6. The quantitative estimate of drug-likeness (QED) is 0.582. The van der Waals surface area contributed by atoms with Crippen LogP contribution < -0.4 is 15.5 Å². The van der Waals surface area contributed by atoms with Gasteiger partial charge in [-0.3, -0.25) is 4.99 Å². The molecule has 2 aromatic rings. The third-order valence-corrected chi connectivity index (χ3v) is 4.85. The van der Waals surface area contributed by atoms with Crippen molar-refractivity contribution in [2.24, 2.45) is 10.9 Å². The molecule has 0 spiro atoms. The van der Waals surface area contributed by atoms with Crippen LogP contribution in [0.4, 0.5) is 5.69 Å². The molecule has 0 saturated carbocycles. The first-order valence-corrected chi connectivity index (χ1v) is 9.41. The average molecular weight is 355 g/mol. The fraction of sp³-hybridized carbons (Fsp3) is 0.526. The molecule has 0 radical (unpaired) electrons. The Morgan fingerprint density at radius 2 is 2.12 bits per heavy atom. The van der Waals surface area contributed by atoms with E-state index in [4.69, 9.17) is 0 Å². The number of aryl methyl sites for hydroxylation is 1. The number of aromatic nitrogens is 3. The number of aliphatic imine (C=N–C) groups is 1. The van der Waals surface area contributed by atoms with Crippen LogP contribution in [0, 0.1) is 5.92 Å². The Bertz CT molecular complexity index is 695. The van der Waals surface area contributed by atoms with Crippen molar-refractivity contribution in [3.8, 4) is 0 Å². The van der Waals surface area contributed by atoms with Crippen LogP contribution in [0.3, 0.4) is 0 Å². The molecule has 0 bridgehead atoms. The van der Waals surface area contributed by atoms with Crippen molar-refractivity contribution in [1.29, 1.82) is 0 Å². The molecule has 7 nitrogen and oxygen atoms in total. The Labute approximate surface area is 155 Å². The molecule has 26 heavy (non-hydrogen) atoms. The minimum atomic E-state index is 0.637. The molecule has 140 valence electrons. The van der Waals surface area contributed by atoms with Gasteiger partial charge >= 0.3 is 0 Å². The van der Waals surface area contributed by atoms with E-state index in [1.54, 1.807) is 6.33 Å². The van der Waals surface area contributed by atoms with Crippen LogP contribution in [-0.4, -0.2) is 54.0 Å². The number of hydrogen-bond donors (Lipinski definition) is 2. The first-order chi connectivity index (χ1) is 12.8. The number of nitrogens with zero attached hydrogens (tertiary/aromatic N) is 5. The topological polar surface area (TPSA) is 70.4 Å². The average Bonchev–Trinajstić information content (AvgIpc) is 3.34. The molecule has 3 rings (SSSR count). The predicted molar refractivity (Wildman–Crippen MR) is 106 cm³/mol. The molecule has 1 fully saturated rings. The number of hydrogen-bond acceptors (Lipinski definition) is 4. The Hall–Kier alpha value is -2.57. The molecule has 1 aliphatic rings. The SMILES string of the molecule is CCc1nncn1CCNC(=NC)NCC1CCN(c2ccccc2)C1. The summed E-state index contributed by atoms with van der Waals surface area (Å²) in [5.74, 6) is 2.51. The van der Waals surface area contributed by atoms with Crippen molar-refractivity contribution in [3.63, 3.8) is 0 Å². The number of para-hydroxylation sites is 1. The third-order valence-electron chi connectivity index (χ3n) is 4.85. The zero-order valence-corrected chi connectivity index (χ0v) is 15.7. The molecule has 7 heteroatoms. The second kappa shape index (κ2) is 9.22. The molecule has 1 aliphatic heterocycles. The molecular weight excluding hydrogens is 326 g/mol. The van der Waals surface area contributed by atoms with Crippen LogP contribution in [0.5, 0.6) is 0 Å². The zero-order valence-electron chi connectivity index (χ0n) is 15.7. The van der Waals surface area contributed by atoms with Crippen molar-refractivity contribution in [1.82, 2.24) is 25.4 Å². The molecular formula is C19H29N7. The highest BCUT2D eigenvalue weighted by molar-refractivity contribution is 5.79. The first kappa shape index (κ1) is 18.2. The van der Waals surface area contributed by atoms with Crippen molar-refractivity contribution < 1.29 is 0 Å². The van der Waals surface area contributed by atoms with Gasteiger partial charge in [-0.15, -0.1) is 10.2 Å². The van der Waals surface area contributed by atoms with Gasteiger partial charge in [-0.05, 0) is 24.5 Å². The van der Waals surface area contributed by atoms with Gasteiger partial charge in [-0.2, -0.15) is 0 Å². The van der Waals surface area contributed by atoms with Crippen molar-refractivity contribution in [2.45, 2.75) is 26.3 Å². The second-order valence-corrected chi connectivity index (χ2v) is 6.61. The third kappa shape index (κ3) is 4.74. The van der Waals surface area contributed by atoms with E-state index in [0.29, 0.717) is 5.92 Å². The molecule has 1 unspecified atom stereocenters. The van der Waals surface area contributed by atoms with Gasteiger partial charge in [0.2, 0.25) is 0 Å². The highest BCUT2D eigenvalue weighted by Gasteiger charge is 2.22. The first-order valence-electron chi connectivity index (χ1n) is 9.41. The van der Waals surface area contributed by atoms with Crippen LogP contribution in [-0.2, 0) is 13.0 Å². The summed E-state index contributed by atoms with van der Waals surface area (Å²) < 4.78 is 2.08. The van der Waals surface area contributed by atoms with E-state index >= 15 is 0 Å². The van der Waals surface area contributed by atoms with Gasteiger partial charge in [-0.1, -0.05) is 25.1 Å². The Morgan fingerprint density at radius 1 is 1.27 bits per heavy atom. The predicted octanol–water partition coefficient (Wildman–Crippen LogP) is 1.53.